The lowest BCUT2D eigenvalue weighted by atomic mass is 9.80. The highest BCUT2D eigenvalue weighted by atomic mass is 14.2. The zero-order valence-corrected chi connectivity index (χ0v) is 15.2. The lowest BCUT2D eigenvalue weighted by molar-refractivity contribution is 0.441. The third kappa shape index (κ3) is 8.07. The maximum Gasteiger partial charge on any atom is -0.0203 e. The monoisotopic (exact) mass is 292 g/mol. The van der Waals surface area contributed by atoms with Gasteiger partial charge >= 0.3 is 0 Å². The summed E-state index contributed by atoms with van der Waals surface area (Å²) >= 11 is 0. The van der Waals surface area contributed by atoms with Crippen LogP contribution in [0.4, 0.5) is 0 Å². The Bertz CT molecular complexity index is 268. The van der Waals surface area contributed by atoms with Gasteiger partial charge in [-0.1, -0.05) is 89.2 Å². The van der Waals surface area contributed by atoms with Gasteiger partial charge in [-0.2, -0.15) is 0 Å². The molecular weight excluding hydrogens is 252 g/mol. The highest BCUT2D eigenvalue weighted by Gasteiger charge is 2.18. The van der Waals surface area contributed by atoms with Crippen LogP contribution < -0.4 is 0 Å². The number of allylic oxidation sites excluding steroid dienone is 2. The predicted octanol–water partition coefficient (Wildman–Crippen LogP) is 7.82. The number of hydrogen-bond acceptors (Lipinski definition) is 0. The third-order valence-electron chi connectivity index (χ3n) is 5.44. The van der Waals surface area contributed by atoms with Gasteiger partial charge in [0.25, 0.3) is 0 Å². The second kappa shape index (κ2) is 12.3. The van der Waals surface area contributed by atoms with Crippen LogP contribution in [0.1, 0.15) is 117 Å². The Morgan fingerprint density at radius 3 is 1.71 bits per heavy atom. The van der Waals surface area contributed by atoms with Gasteiger partial charge in [0.1, 0.15) is 0 Å². The summed E-state index contributed by atoms with van der Waals surface area (Å²) in [5.41, 5.74) is 3.62. The van der Waals surface area contributed by atoms with Gasteiger partial charge in [0, 0.05) is 0 Å². The minimum absolute atomic E-state index is 0.920. The van der Waals surface area contributed by atoms with E-state index in [-0.39, 0.29) is 0 Å². The van der Waals surface area contributed by atoms with E-state index in [1.165, 1.54) is 96.3 Å². The third-order valence-corrected chi connectivity index (χ3v) is 5.44. The molecule has 0 aliphatic heterocycles. The highest BCUT2D eigenvalue weighted by molar-refractivity contribution is 5.20. The maximum atomic E-state index is 2.45. The van der Waals surface area contributed by atoms with E-state index in [9.17, 15) is 0 Å². The van der Waals surface area contributed by atoms with E-state index in [1.807, 2.05) is 5.57 Å². The second-order valence-electron chi connectivity index (χ2n) is 7.24. The summed E-state index contributed by atoms with van der Waals surface area (Å²) in [6.07, 6.45) is 21.6. The van der Waals surface area contributed by atoms with Crippen molar-refractivity contribution in [3.8, 4) is 0 Å². The standard InChI is InChI=1S/C21H40/c1-4-6-8-10-11-13-16-20(15-12-9-7-5-2)19(3)21-17-14-18-21/h20H,4-18H2,1-3H3. The van der Waals surface area contributed by atoms with Crippen molar-refractivity contribution in [3.05, 3.63) is 11.1 Å². The summed E-state index contributed by atoms with van der Waals surface area (Å²) in [7, 11) is 0. The molecule has 1 aliphatic carbocycles. The molecular formula is C21H40. The molecule has 0 nitrogen and oxygen atoms in total. The van der Waals surface area contributed by atoms with Crippen molar-refractivity contribution in [2.45, 2.75) is 117 Å². The lowest BCUT2D eigenvalue weighted by Crippen LogP contribution is -2.10. The largest absolute Gasteiger partial charge is 0.0710 e. The molecule has 1 unspecified atom stereocenters. The van der Waals surface area contributed by atoms with E-state index >= 15 is 0 Å². The van der Waals surface area contributed by atoms with Crippen molar-refractivity contribution in [1.82, 2.24) is 0 Å². The smallest absolute Gasteiger partial charge is 0.0203 e. The molecule has 0 heteroatoms. The van der Waals surface area contributed by atoms with Crippen LogP contribution in [-0.2, 0) is 0 Å². The minimum Gasteiger partial charge on any atom is -0.0710 e. The topological polar surface area (TPSA) is 0 Å². The average Bonchev–Trinajstić information content (AvgIpc) is 2.42. The Morgan fingerprint density at radius 2 is 1.24 bits per heavy atom. The van der Waals surface area contributed by atoms with Crippen LogP contribution in [0.15, 0.2) is 11.1 Å². The zero-order valence-electron chi connectivity index (χ0n) is 15.2. The Kier molecular flexibility index (Phi) is 11.0. The Morgan fingerprint density at radius 1 is 0.762 bits per heavy atom. The quantitative estimate of drug-likeness (QED) is 0.240. The molecule has 0 amide bonds. The highest BCUT2D eigenvalue weighted by Crippen LogP contribution is 2.35. The first kappa shape index (κ1) is 18.8. The molecule has 1 saturated carbocycles. The van der Waals surface area contributed by atoms with Crippen LogP contribution in [0, 0.1) is 5.92 Å². The molecule has 0 aromatic rings. The van der Waals surface area contributed by atoms with E-state index in [4.69, 9.17) is 0 Å². The van der Waals surface area contributed by atoms with Crippen molar-refractivity contribution in [2.75, 3.05) is 0 Å². The van der Waals surface area contributed by atoms with Gasteiger partial charge in [-0.05, 0) is 44.9 Å². The fraction of sp³-hybridized carbons (Fsp3) is 0.905. The minimum atomic E-state index is 0.920. The molecule has 0 aromatic carbocycles. The normalized spacial score (nSPS) is 15.9. The van der Waals surface area contributed by atoms with Crippen LogP contribution in [-0.4, -0.2) is 0 Å². The van der Waals surface area contributed by atoms with Crippen LogP contribution >= 0.6 is 0 Å². The second-order valence-corrected chi connectivity index (χ2v) is 7.24. The van der Waals surface area contributed by atoms with Gasteiger partial charge in [0.05, 0.1) is 0 Å². The van der Waals surface area contributed by atoms with E-state index in [0.717, 1.165) is 5.92 Å². The van der Waals surface area contributed by atoms with E-state index in [1.54, 1.807) is 5.57 Å². The van der Waals surface area contributed by atoms with E-state index in [0.29, 0.717) is 0 Å². The Balaban J connectivity index is 2.26. The van der Waals surface area contributed by atoms with Crippen molar-refractivity contribution in [3.63, 3.8) is 0 Å². The summed E-state index contributed by atoms with van der Waals surface area (Å²) in [5.74, 6) is 0.920. The molecule has 0 bridgehead atoms. The summed E-state index contributed by atoms with van der Waals surface area (Å²) < 4.78 is 0. The van der Waals surface area contributed by atoms with Crippen LogP contribution in [0.25, 0.3) is 0 Å². The SMILES string of the molecule is CCCCCCCCC(CCCCCC)C(C)=C1CCC1. The van der Waals surface area contributed by atoms with Crippen LogP contribution in [0.3, 0.4) is 0 Å². The first-order chi connectivity index (χ1) is 10.3. The van der Waals surface area contributed by atoms with Gasteiger partial charge < -0.3 is 0 Å². The van der Waals surface area contributed by atoms with Gasteiger partial charge in [-0.15, -0.1) is 0 Å². The van der Waals surface area contributed by atoms with E-state index in [2.05, 4.69) is 20.8 Å². The fourth-order valence-electron chi connectivity index (χ4n) is 3.60. The molecule has 124 valence electrons. The summed E-state index contributed by atoms with van der Waals surface area (Å²) in [6.45, 7) is 7.08. The molecule has 0 N–H and O–H groups in total. The van der Waals surface area contributed by atoms with Gasteiger partial charge in [0.2, 0.25) is 0 Å². The molecule has 0 heterocycles. The van der Waals surface area contributed by atoms with Crippen LogP contribution in [0.5, 0.6) is 0 Å². The number of rotatable bonds is 13. The average molecular weight is 293 g/mol. The number of unbranched alkanes of at least 4 members (excludes halogenated alkanes) is 8. The molecule has 0 aromatic heterocycles. The van der Waals surface area contributed by atoms with Crippen molar-refractivity contribution in [2.24, 2.45) is 5.92 Å². The van der Waals surface area contributed by atoms with Crippen molar-refractivity contribution >= 4 is 0 Å². The van der Waals surface area contributed by atoms with Crippen molar-refractivity contribution < 1.29 is 0 Å². The Hall–Kier alpha value is -0.260. The fourth-order valence-corrected chi connectivity index (χ4v) is 3.60. The predicted molar refractivity (Wildman–Crippen MR) is 96.8 cm³/mol. The number of hydrogen-bond donors (Lipinski definition) is 0. The summed E-state index contributed by atoms with van der Waals surface area (Å²) in [6, 6.07) is 0. The van der Waals surface area contributed by atoms with Gasteiger partial charge in [-0.3, -0.25) is 0 Å². The van der Waals surface area contributed by atoms with Crippen molar-refractivity contribution in [1.29, 1.82) is 0 Å². The molecule has 0 saturated heterocycles. The molecule has 1 fully saturated rings. The molecule has 21 heavy (non-hydrogen) atoms. The summed E-state index contributed by atoms with van der Waals surface area (Å²) in [4.78, 5) is 0. The van der Waals surface area contributed by atoms with Crippen LogP contribution in [0.2, 0.25) is 0 Å². The van der Waals surface area contributed by atoms with Gasteiger partial charge in [-0.25, -0.2) is 0 Å². The molecule has 0 radical (unpaired) electrons. The molecule has 1 aliphatic rings. The Labute approximate surface area is 134 Å². The van der Waals surface area contributed by atoms with Gasteiger partial charge in [0.15, 0.2) is 0 Å². The lowest BCUT2D eigenvalue weighted by Gasteiger charge is -2.26. The first-order valence-corrected chi connectivity index (χ1v) is 9.98. The summed E-state index contributed by atoms with van der Waals surface area (Å²) in [5, 5.41) is 0. The zero-order chi connectivity index (χ0) is 15.3. The van der Waals surface area contributed by atoms with E-state index < -0.39 is 0 Å². The molecule has 0 spiro atoms. The molecule has 1 atom stereocenters. The maximum absolute atomic E-state index is 2.45. The first-order valence-electron chi connectivity index (χ1n) is 9.98. The molecule has 1 rings (SSSR count).